The van der Waals surface area contributed by atoms with E-state index in [0.29, 0.717) is 0 Å². The van der Waals surface area contributed by atoms with Gasteiger partial charge in [-0.15, -0.1) is 0 Å². The number of hydrogen-bond donors (Lipinski definition) is 0. The Balaban J connectivity index is 1.27. The van der Waals surface area contributed by atoms with Crippen LogP contribution in [0.5, 0.6) is 23.0 Å². The van der Waals surface area contributed by atoms with Crippen molar-refractivity contribution in [1.29, 1.82) is 0 Å². The Morgan fingerprint density at radius 3 is 0.731 bits per heavy atom. The lowest BCUT2D eigenvalue weighted by Crippen LogP contribution is -1.98. The number of methoxy groups -OCH3 is 4. The molecule has 0 radical (unpaired) electrons. The van der Waals surface area contributed by atoms with Crippen LogP contribution in [0, 0.1) is 0 Å². The monoisotopic (exact) mass is 680 g/mol. The van der Waals surface area contributed by atoms with E-state index in [2.05, 4.69) is 121 Å². The molecule has 52 heavy (non-hydrogen) atoms. The smallest absolute Gasteiger partial charge is 0.127 e. The van der Waals surface area contributed by atoms with Gasteiger partial charge in [-0.2, -0.15) is 0 Å². The van der Waals surface area contributed by atoms with E-state index >= 15 is 0 Å². The Hall–Kier alpha value is -6.00. The summed E-state index contributed by atoms with van der Waals surface area (Å²) in [7, 11) is 7.00. The molecule has 0 heterocycles. The quantitative estimate of drug-likeness (QED) is 0.185. The highest BCUT2D eigenvalue weighted by atomic mass is 16.5. The predicted molar refractivity (Wildman–Crippen MR) is 215 cm³/mol. The van der Waals surface area contributed by atoms with Crippen molar-refractivity contribution < 1.29 is 18.9 Å². The minimum atomic E-state index is 0.834. The summed E-state index contributed by atoms with van der Waals surface area (Å²) in [5, 5.41) is 9.32. The van der Waals surface area contributed by atoms with Gasteiger partial charge in [-0.3, -0.25) is 0 Å². The predicted octanol–water partition coefficient (Wildman–Crippen LogP) is 11.6. The van der Waals surface area contributed by atoms with Crippen molar-refractivity contribution >= 4 is 43.1 Å². The molecule has 0 saturated carbocycles. The molecule has 4 nitrogen and oxygen atoms in total. The maximum atomic E-state index is 6.03. The molecule has 0 aromatic heterocycles. The van der Waals surface area contributed by atoms with Crippen LogP contribution in [0.25, 0.3) is 65.3 Å². The molecule has 0 aliphatic heterocycles. The van der Waals surface area contributed by atoms with Gasteiger partial charge in [-0.1, -0.05) is 97.1 Å². The maximum Gasteiger partial charge on any atom is 0.127 e. The standard InChI is InChI=1S/C48H40O4/c1-49-41-21-13-33-25-29-5-6-31-11-19-39-35(27-31)15-23-43(51-3)47(39)48-40-20-12-32(28-36(40)16-24-44(48)52-4)8-7-30-10-18-38-34(26-30)14-22-42(50-2)46(38)45(41)37(33)17-9-29/h9-28H,5-8H2,1-4H3. The Morgan fingerprint density at radius 2 is 0.519 bits per heavy atom. The number of rotatable bonds is 4. The molecule has 8 aromatic carbocycles. The molecule has 0 saturated heterocycles. The van der Waals surface area contributed by atoms with Gasteiger partial charge in [0.1, 0.15) is 23.0 Å². The van der Waals surface area contributed by atoms with Crippen LogP contribution in [0.2, 0.25) is 0 Å². The van der Waals surface area contributed by atoms with Gasteiger partial charge < -0.3 is 18.9 Å². The highest BCUT2D eigenvalue weighted by molar-refractivity contribution is 6.11. The zero-order chi connectivity index (χ0) is 35.3. The maximum absolute atomic E-state index is 6.03. The second-order valence-electron chi connectivity index (χ2n) is 13.8. The molecule has 8 aromatic rings. The average molecular weight is 681 g/mol. The molecule has 0 amide bonds. The number of ether oxygens (including phenoxy) is 4. The Morgan fingerprint density at radius 1 is 0.288 bits per heavy atom. The molecular formula is C48H40O4. The third kappa shape index (κ3) is 5.29. The highest BCUT2D eigenvalue weighted by Gasteiger charge is 2.21. The second kappa shape index (κ2) is 13.0. The molecule has 0 atom stereocenters. The van der Waals surface area contributed by atoms with E-state index in [1.54, 1.807) is 28.4 Å². The van der Waals surface area contributed by atoms with Crippen molar-refractivity contribution in [3.05, 3.63) is 144 Å². The van der Waals surface area contributed by atoms with E-state index in [0.717, 1.165) is 92.5 Å². The van der Waals surface area contributed by atoms with Gasteiger partial charge >= 0.3 is 0 Å². The highest BCUT2D eigenvalue weighted by Crippen LogP contribution is 2.47. The van der Waals surface area contributed by atoms with Crippen LogP contribution in [0.15, 0.2) is 121 Å². The minimum Gasteiger partial charge on any atom is -0.496 e. The molecule has 256 valence electrons. The fourth-order valence-electron chi connectivity index (χ4n) is 8.35. The Labute approximate surface area is 304 Å². The first-order chi connectivity index (χ1) is 25.6. The molecule has 12 aliphatic carbocycles. The van der Waals surface area contributed by atoms with Crippen LogP contribution < -0.4 is 18.9 Å². The summed E-state index contributed by atoms with van der Waals surface area (Å²) < 4.78 is 24.1. The van der Waals surface area contributed by atoms with Crippen molar-refractivity contribution in [2.24, 2.45) is 0 Å². The van der Waals surface area contributed by atoms with Crippen LogP contribution in [0.4, 0.5) is 0 Å². The van der Waals surface area contributed by atoms with Crippen LogP contribution in [-0.2, 0) is 25.7 Å². The third-order valence-electron chi connectivity index (χ3n) is 11.0. The lowest BCUT2D eigenvalue weighted by molar-refractivity contribution is 0.411. The van der Waals surface area contributed by atoms with Crippen LogP contribution >= 0.6 is 0 Å². The Bertz CT molecular complexity index is 2320. The van der Waals surface area contributed by atoms with Gasteiger partial charge in [0.2, 0.25) is 0 Å². The van der Waals surface area contributed by atoms with Crippen molar-refractivity contribution in [1.82, 2.24) is 0 Å². The first kappa shape index (κ1) is 31.9. The van der Waals surface area contributed by atoms with Crippen molar-refractivity contribution in [3.8, 4) is 45.3 Å². The van der Waals surface area contributed by atoms with Gasteiger partial charge in [0.15, 0.2) is 0 Å². The fourth-order valence-corrected chi connectivity index (χ4v) is 8.35. The minimum absolute atomic E-state index is 0.834. The zero-order valence-electron chi connectivity index (χ0n) is 30.0. The van der Waals surface area contributed by atoms with Gasteiger partial charge in [0.25, 0.3) is 0 Å². The average Bonchev–Trinajstić information content (AvgIpc) is 3.19. The number of benzene rings is 8. The molecule has 16 bridgehead atoms. The van der Waals surface area contributed by atoms with Gasteiger partial charge in [-0.05, 0) is 115 Å². The third-order valence-corrected chi connectivity index (χ3v) is 11.0. The number of hydrogen-bond acceptors (Lipinski definition) is 4. The second-order valence-corrected chi connectivity index (χ2v) is 13.8. The summed E-state index contributed by atoms with van der Waals surface area (Å²) in [6.45, 7) is 0. The largest absolute Gasteiger partial charge is 0.496 e. The summed E-state index contributed by atoms with van der Waals surface area (Å²) in [5.74, 6) is 3.34. The molecule has 0 fully saturated rings. The molecule has 0 spiro atoms. The van der Waals surface area contributed by atoms with E-state index in [9.17, 15) is 0 Å². The van der Waals surface area contributed by atoms with E-state index < -0.39 is 0 Å². The Kier molecular flexibility index (Phi) is 7.96. The molecule has 12 aliphatic rings. The van der Waals surface area contributed by atoms with Crippen molar-refractivity contribution in [2.75, 3.05) is 28.4 Å². The van der Waals surface area contributed by atoms with E-state index in [-0.39, 0.29) is 0 Å². The van der Waals surface area contributed by atoms with E-state index in [1.165, 1.54) is 43.8 Å². The molecule has 20 rings (SSSR count). The topological polar surface area (TPSA) is 36.9 Å². The van der Waals surface area contributed by atoms with Crippen LogP contribution in [-0.4, -0.2) is 28.4 Å². The molecule has 4 heteroatoms. The van der Waals surface area contributed by atoms with E-state index in [4.69, 9.17) is 18.9 Å². The SMILES string of the molecule is COc1ccc2cc3ccc2c1-c1c(OC)ccc2cc(ccc12)CCc1ccc2c(c(OC)ccc2c1)-c1c(OC)ccc2cc(ccc12)CC3. The molecule has 0 N–H and O–H groups in total. The lowest BCUT2D eigenvalue weighted by atomic mass is 9.89. The summed E-state index contributed by atoms with van der Waals surface area (Å²) >= 11 is 0. The first-order valence-electron chi connectivity index (χ1n) is 18.0. The van der Waals surface area contributed by atoms with Crippen molar-refractivity contribution in [3.63, 3.8) is 0 Å². The number of aryl methyl sites for hydroxylation is 4. The van der Waals surface area contributed by atoms with Crippen LogP contribution in [0.3, 0.4) is 0 Å². The van der Waals surface area contributed by atoms with Gasteiger partial charge in [0.05, 0.1) is 28.4 Å². The van der Waals surface area contributed by atoms with E-state index in [1.807, 2.05) is 0 Å². The molecular weight excluding hydrogens is 641 g/mol. The van der Waals surface area contributed by atoms with Gasteiger partial charge in [-0.25, -0.2) is 0 Å². The van der Waals surface area contributed by atoms with Crippen molar-refractivity contribution in [2.45, 2.75) is 25.7 Å². The summed E-state index contributed by atoms with van der Waals surface area (Å²) in [4.78, 5) is 0. The molecule has 0 unspecified atom stereocenters. The zero-order valence-corrected chi connectivity index (χ0v) is 30.0. The normalized spacial score (nSPS) is 12.7. The summed E-state index contributed by atoms with van der Waals surface area (Å²) in [6.07, 6.45) is 3.69. The van der Waals surface area contributed by atoms with Crippen LogP contribution in [0.1, 0.15) is 22.3 Å². The van der Waals surface area contributed by atoms with Gasteiger partial charge in [0, 0.05) is 22.3 Å². The first-order valence-corrected chi connectivity index (χ1v) is 18.0. The summed E-state index contributed by atoms with van der Waals surface area (Å²) in [5.41, 5.74) is 9.42. The summed E-state index contributed by atoms with van der Waals surface area (Å²) in [6, 6.07) is 44.5. The lowest BCUT2D eigenvalue weighted by Gasteiger charge is -2.19. The fraction of sp³-hybridized carbons (Fsp3) is 0.167.